The molecule has 0 amide bonds. The van der Waals surface area contributed by atoms with Crippen molar-refractivity contribution in [3.63, 3.8) is 0 Å². The minimum absolute atomic E-state index is 0.0316. The Labute approximate surface area is 70.2 Å². The largest absolute Gasteiger partial charge is 0.384 e. The van der Waals surface area contributed by atoms with Gasteiger partial charge >= 0.3 is 0 Å². The first-order valence-corrected chi connectivity index (χ1v) is 3.78. The zero-order valence-electron chi connectivity index (χ0n) is 6.40. The van der Waals surface area contributed by atoms with Crippen molar-refractivity contribution < 1.29 is 9.90 Å². The number of fused-ring (bicyclic) bond motifs is 1. The van der Waals surface area contributed by atoms with E-state index in [-0.39, 0.29) is 5.78 Å². The molecule has 1 atom stereocenters. The summed E-state index contributed by atoms with van der Waals surface area (Å²) < 4.78 is 0. The average molecular weight is 160 g/mol. The summed E-state index contributed by atoms with van der Waals surface area (Å²) >= 11 is 0. The van der Waals surface area contributed by atoms with Gasteiger partial charge in [0.1, 0.15) is 0 Å². The Balaban J connectivity index is 2.61. The van der Waals surface area contributed by atoms with Crippen LogP contribution in [0.15, 0.2) is 36.4 Å². The normalized spacial score (nSPS) is 20.8. The van der Waals surface area contributed by atoms with E-state index in [1.165, 1.54) is 12.2 Å². The number of carbonyl (C=O) groups is 1. The monoisotopic (exact) mass is 160 g/mol. The molecule has 2 heteroatoms. The average Bonchev–Trinajstić information content (AvgIpc) is 2.12. The highest BCUT2D eigenvalue weighted by Crippen LogP contribution is 2.23. The van der Waals surface area contributed by atoms with Gasteiger partial charge in [-0.1, -0.05) is 24.3 Å². The second-order valence-corrected chi connectivity index (χ2v) is 2.76. The zero-order valence-corrected chi connectivity index (χ0v) is 6.40. The third kappa shape index (κ3) is 0.970. The van der Waals surface area contributed by atoms with E-state index < -0.39 is 6.10 Å². The standard InChI is InChI=1S/C10H8O2/c11-9-5-6-10(12)8-4-2-1-3-7(8)9/h1-6,9,11H/t9-/m0/s1. The van der Waals surface area contributed by atoms with Crippen molar-refractivity contribution in [3.8, 4) is 0 Å². The maximum Gasteiger partial charge on any atom is 0.186 e. The van der Waals surface area contributed by atoms with E-state index in [0.717, 1.165) is 0 Å². The van der Waals surface area contributed by atoms with Crippen LogP contribution >= 0.6 is 0 Å². The van der Waals surface area contributed by atoms with Crippen LogP contribution in [0.3, 0.4) is 0 Å². The van der Waals surface area contributed by atoms with Crippen LogP contribution in [0.2, 0.25) is 0 Å². The SMILES string of the molecule is O=C1C=C[C@H](O)c2ccccc21. The van der Waals surface area contributed by atoms with Gasteiger partial charge in [-0.15, -0.1) is 0 Å². The molecule has 0 radical (unpaired) electrons. The van der Waals surface area contributed by atoms with E-state index in [1.807, 2.05) is 6.07 Å². The fraction of sp³-hybridized carbons (Fsp3) is 0.100. The first-order valence-electron chi connectivity index (χ1n) is 3.78. The number of ketones is 1. The van der Waals surface area contributed by atoms with E-state index in [0.29, 0.717) is 11.1 Å². The molecule has 0 bridgehead atoms. The highest BCUT2D eigenvalue weighted by molar-refractivity contribution is 6.06. The maximum absolute atomic E-state index is 11.2. The van der Waals surface area contributed by atoms with Crippen LogP contribution in [-0.2, 0) is 0 Å². The Morgan fingerprint density at radius 3 is 2.75 bits per heavy atom. The quantitative estimate of drug-likeness (QED) is 0.624. The molecule has 0 aliphatic heterocycles. The lowest BCUT2D eigenvalue weighted by atomic mass is 9.94. The second-order valence-electron chi connectivity index (χ2n) is 2.76. The summed E-state index contributed by atoms with van der Waals surface area (Å²) in [5.74, 6) is -0.0316. The second kappa shape index (κ2) is 2.57. The summed E-state index contributed by atoms with van der Waals surface area (Å²) in [7, 11) is 0. The summed E-state index contributed by atoms with van der Waals surface area (Å²) in [6.45, 7) is 0. The van der Waals surface area contributed by atoms with Crippen molar-refractivity contribution >= 4 is 5.78 Å². The number of carbonyl (C=O) groups excluding carboxylic acids is 1. The van der Waals surface area contributed by atoms with Crippen LogP contribution in [0.25, 0.3) is 0 Å². The van der Waals surface area contributed by atoms with Crippen LogP contribution in [0.1, 0.15) is 22.0 Å². The van der Waals surface area contributed by atoms with Crippen molar-refractivity contribution in [1.82, 2.24) is 0 Å². The highest BCUT2D eigenvalue weighted by Gasteiger charge is 2.17. The van der Waals surface area contributed by atoms with Gasteiger partial charge in [0.2, 0.25) is 0 Å². The Kier molecular flexibility index (Phi) is 1.55. The summed E-state index contributed by atoms with van der Waals surface area (Å²) in [5, 5.41) is 9.44. The lowest BCUT2D eigenvalue weighted by Crippen LogP contribution is -2.09. The first kappa shape index (κ1) is 7.25. The van der Waals surface area contributed by atoms with Crippen molar-refractivity contribution in [1.29, 1.82) is 0 Å². The molecule has 2 nitrogen and oxygen atoms in total. The lowest BCUT2D eigenvalue weighted by molar-refractivity contribution is 0.103. The summed E-state index contributed by atoms with van der Waals surface area (Å²) in [6, 6.07) is 7.10. The van der Waals surface area contributed by atoms with Crippen molar-refractivity contribution in [3.05, 3.63) is 47.5 Å². The molecular weight excluding hydrogens is 152 g/mol. The molecule has 0 fully saturated rings. The molecule has 0 unspecified atom stereocenters. The number of allylic oxidation sites excluding steroid dienone is 1. The van der Waals surface area contributed by atoms with Gasteiger partial charge in [-0.05, 0) is 17.7 Å². The van der Waals surface area contributed by atoms with Crippen LogP contribution in [0, 0.1) is 0 Å². The molecule has 1 aliphatic rings. The van der Waals surface area contributed by atoms with Crippen LogP contribution in [0.4, 0.5) is 0 Å². The smallest absolute Gasteiger partial charge is 0.186 e. The van der Waals surface area contributed by atoms with E-state index in [1.54, 1.807) is 18.2 Å². The van der Waals surface area contributed by atoms with Crippen LogP contribution in [0.5, 0.6) is 0 Å². The van der Waals surface area contributed by atoms with Crippen LogP contribution < -0.4 is 0 Å². The Morgan fingerprint density at radius 2 is 2.00 bits per heavy atom. The molecule has 60 valence electrons. The minimum atomic E-state index is -0.626. The number of hydrogen-bond donors (Lipinski definition) is 1. The summed E-state index contributed by atoms with van der Waals surface area (Å²) in [6.07, 6.45) is 2.29. The number of aliphatic hydroxyl groups excluding tert-OH is 1. The molecule has 1 N–H and O–H groups in total. The van der Waals surface area contributed by atoms with Gasteiger partial charge in [0.25, 0.3) is 0 Å². The van der Waals surface area contributed by atoms with Gasteiger partial charge in [0, 0.05) is 5.56 Å². The van der Waals surface area contributed by atoms with Gasteiger partial charge in [-0.25, -0.2) is 0 Å². The van der Waals surface area contributed by atoms with Gasteiger partial charge in [-0.2, -0.15) is 0 Å². The zero-order chi connectivity index (χ0) is 8.55. The maximum atomic E-state index is 11.2. The van der Waals surface area contributed by atoms with E-state index in [4.69, 9.17) is 0 Å². The molecule has 0 saturated carbocycles. The topological polar surface area (TPSA) is 37.3 Å². The Bertz CT molecular complexity index is 353. The van der Waals surface area contributed by atoms with Crippen molar-refractivity contribution in [2.75, 3.05) is 0 Å². The van der Waals surface area contributed by atoms with Crippen LogP contribution in [-0.4, -0.2) is 10.9 Å². The van der Waals surface area contributed by atoms with Gasteiger partial charge in [0.15, 0.2) is 5.78 Å². The summed E-state index contributed by atoms with van der Waals surface area (Å²) in [4.78, 5) is 11.2. The number of rotatable bonds is 0. The Hall–Kier alpha value is -1.41. The molecule has 2 rings (SSSR count). The molecule has 0 aromatic heterocycles. The first-order chi connectivity index (χ1) is 5.79. The van der Waals surface area contributed by atoms with Gasteiger partial charge in [0.05, 0.1) is 6.10 Å². The van der Waals surface area contributed by atoms with Crippen molar-refractivity contribution in [2.45, 2.75) is 6.10 Å². The molecule has 12 heavy (non-hydrogen) atoms. The van der Waals surface area contributed by atoms with E-state index in [9.17, 15) is 9.90 Å². The van der Waals surface area contributed by atoms with Gasteiger partial charge in [-0.3, -0.25) is 4.79 Å². The molecule has 1 aromatic carbocycles. The molecule has 0 saturated heterocycles. The molecule has 1 aliphatic carbocycles. The third-order valence-electron chi connectivity index (χ3n) is 1.97. The fourth-order valence-electron chi connectivity index (χ4n) is 1.35. The molecular formula is C10H8O2. The highest BCUT2D eigenvalue weighted by atomic mass is 16.3. The number of aliphatic hydroxyl groups is 1. The molecule has 0 heterocycles. The van der Waals surface area contributed by atoms with E-state index in [2.05, 4.69) is 0 Å². The number of hydrogen-bond acceptors (Lipinski definition) is 2. The molecule has 0 spiro atoms. The van der Waals surface area contributed by atoms with E-state index >= 15 is 0 Å². The van der Waals surface area contributed by atoms with Crippen molar-refractivity contribution in [2.24, 2.45) is 0 Å². The summed E-state index contributed by atoms with van der Waals surface area (Å²) in [5.41, 5.74) is 1.30. The predicted molar refractivity (Wildman–Crippen MR) is 44.9 cm³/mol. The fourth-order valence-corrected chi connectivity index (χ4v) is 1.35. The third-order valence-corrected chi connectivity index (χ3v) is 1.97. The lowest BCUT2D eigenvalue weighted by Gasteiger charge is -2.14. The molecule has 1 aromatic rings. The Morgan fingerprint density at radius 1 is 1.25 bits per heavy atom. The van der Waals surface area contributed by atoms with Gasteiger partial charge < -0.3 is 5.11 Å². The predicted octanol–water partition coefficient (Wildman–Crippen LogP) is 1.47. The minimum Gasteiger partial charge on any atom is -0.384 e. The number of benzene rings is 1.